The van der Waals surface area contributed by atoms with E-state index in [2.05, 4.69) is 14.9 Å². The minimum Gasteiger partial charge on any atom is -0.375 e. The highest BCUT2D eigenvalue weighted by Crippen LogP contribution is 2.44. The van der Waals surface area contributed by atoms with Gasteiger partial charge in [-0.1, -0.05) is 29.2 Å². The average Bonchev–Trinajstić information content (AvgIpc) is 3.30. The Morgan fingerprint density at radius 2 is 2.08 bits per heavy atom. The number of aromatic nitrogens is 1. The van der Waals surface area contributed by atoms with Gasteiger partial charge in [0.05, 0.1) is 4.88 Å². The molecular weight excluding hydrogens is 352 g/mol. The van der Waals surface area contributed by atoms with Crippen LogP contribution in [-0.2, 0) is 5.75 Å². The van der Waals surface area contributed by atoms with Crippen molar-refractivity contribution in [2.75, 3.05) is 5.73 Å². The molecule has 24 heavy (non-hydrogen) atoms. The Bertz CT molecular complexity index is 818. The molecule has 4 N–H and O–H groups in total. The maximum Gasteiger partial charge on any atom is 0.182 e. The Kier molecular flexibility index (Phi) is 3.93. The predicted molar refractivity (Wildman–Crippen MR) is 93.1 cm³/mol. The van der Waals surface area contributed by atoms with Gasteiger partial charge in [-0.3, -0.25) is 0 Å². The summed E-state index contributed by atoms with van der Waals surface area (Å²) in [7, 11) is 0. The maximum atomic E-state index is 13.4. The third-order valence-corrected chi connectivity index (χ3v) is 5.92. The summed E-state index contributed by atoms with van der Waals surface area (Å²) in [6, 6.07) is 4.28. The van der Waals surface area contributed by atoms with Crippen molar-refractivity contribution in [1.29, 1.82) is 0 Å². The zero-order valence-electron chi connectivity index (χ0n) is 12.6. The molecule has 0 radical (unpaired) electrons. The number of hydrogen-bond acceptors (Lipinski definition) is 7. The summed E-state index contributed by atoms with van der Waals surface area (Å²) in [6.07, 6.45) is 1.83. The topological polar surface area (TPSA) is 80.5 Å². The van der Waals surface area contributed by atoms with Crippen LogP contribution in [0.15, 0.2) is 23.2 Å². The Labute approximate surface area is 145 Å². The number of anilines is 1. The monoisotopic (exact) mass is 367 g/mol. The molecule has 4 rings (SSSR count). The molecule has 0 saturated heterocycles. The first-order valence-electron chi connectivity index (χ1n) is 7.48. The summed E-state index contributed by atoms with van der Waals surface area (Å²) in [5.74, 6) is -0.650. The molecule has 2 aliphatic rings. The van der Waals surface area contributed by atoms with Crippen molar-refractivity contribution < 1.29 is 8.78 Å². The smallest absolute Gasteiger partial charge is 0.182 e. The van der Waals surface area contributed by atoms with E-state index >= 15 is 0 Å². The van der Waals surface area contributed by atoms with E-state index < -0.39 is 11.6 Å². The second kappa shape index (κ2) is 5.98. The number of thiazole rings is 1. The lowest BCUT2D eigenvalue weighted by molar-refractivity contribution is 0.319. The van der Waals surface area contributed by atoms with Gasteiger partial charge in [0.2, 0.25) is 0 Å². The fourth-order valence-corrected chi connectivity index (χ4v) is 4.44. The molecule has 1 saturated carbocycles. The van der Waals surface area contributed by atoms with Crippen LogP contribution in [0, 0.1) is 11.6 Å². The van der Waals surface area contributed by atoms with Crippen LogP contribution < -0.4 is 11.5 Å². The zero-order chi connectivity index (χ0) is 16.8. The van der Waals surface area contributed by atoms with Gasteiger partial charge in [0.15, 0.2) is 27.8 Å². The lowest BCUT2D eigenvalue weighted by Gasteiger charge is -2.33. The quantitative estimate of drug-likeness (QED) is 0.869. The van der Waals surface area contributed by atoms with Crippen molar-refractivity contribution in [1.82, 2.24) is 9.88 Å². The molecule has 0 amide bonds. The van der Waals surface area contributed by atoms with Crippen molar-refractivity contribution >= 4 is 39.2 Å². The molecule has 0 spiro atoms. The molecule has 0 bridgehead atoms. The average molecular weight is 367 g/mol. The van der Waals surface area contributed by atoms with Crippen LogP contribution >= 0.6 is 23.1 Å². The number of benzene rings is 1. The van der Waals surface area contributed by atoms with Crippen LogP contribution in [-0.4, -0.2) is 21.1 Å². The summed E-state index contributed by atoms with van der Waals surface area (Å²) < 4.78 is 26.4. The third kappa shape index (κ3) is 2.87. The first-order valence-corrected chi connectivity index (χ1v) is 9.28. The van der Waals surface area contributed by atoms with Crippen molar-refractivity contribution in [3.63, 3.8) is 0 Å². The molecule has 5 nitrogen and oxygen atoms in total. The Morgan fingerprint density at radius 3 is 2.79 bits per heavy atom. The lowest BCUT2D eigenvalue weighted by Crippen LogP contribution is -2.41. The number of hydrogen-bond donors (Lipinski definition) is 2. The Balaban J connectivity index is 1.59. The van der Waals surface area contributed by atoms with E-state index in [1.807, 2.05) is 0 Å². The molecule has 1 unspecified atom stereocenters. The lowest BCUT2D eigenvalue weighted by atomic mass is 10.2. The number of thioether (sulfide) groups is 1. The van der Waals surface area contributed by atoms with Gasteiger partial charge in [0.25, 0.3) is 0 Å². The van der Waals surface area contributed by atoms with Crippen LogP contribution in [0.4, 0.5) is 19.7 Å². The van der Waals surface area contributed by atoms with Gasteiger partial charge in [0, 0.05) is 11.8 Å². The van der Waals surface area contributed by atoms with Gasteiger partial charge < -0.3 is 16.4 Å². The van der Waals surface area contributed by atoms with Crippen molar-refractivity contribution in [2.45, 2.75) is 30.8 Å². The molecule has 1 fully saturated rings. The fraction of sp³-hybridized carbons (Fsp3) is 0.333. The number of fused-ring (bicyclic) bond motifs is 1. The summed E-state index contributed by atoms with van der Waals surface area (Å²) in [5.41, 5.74) is 12.9. The standard InChI is InChI=1S/C15H15F2N5S2/c16-9-4-1-7(5-10(9)17)6-23-15-21-13-11(24-14(19)20-13)12(18)22(15)8-2-3-8/h1,4-5,8,12H,2-3,6,18H2,(H2,19,20). The minimum absolute atomic E-state index is 0.313. The highest BCUT2D eigenvalue weighted by atomic mass is 32.2. The molecule has 1 aliphatic heterocycles. The van der Waals surface area contributed by atoms with Gasteiger partial charge in [-0.25, -0.2) is 18.8 Å². The van der Waals surface area contributed by atoms with Gasteiger partial charge >= 0.3 is 0 Å². The van der Waals surface area contributed by atoms with E-state index in [0.717, 1.165) is 29.0 Å². The van der Waals surface area contributed by atoms with E-state index in [0.29, 0.717) is 28.3 Å². The number of halogens is 2. The first-order chi connectivity index (χ1) is 11.5. The minimum atomic E-state index is -0.844. The number of nitrogens with two attached hydrogens (primary N) is 2. The Morgan fingerprint density at radius 1 is 1.29 bits per heavy atom. The molecule has 1 aromatic carbocycles. The first kappa shape index (κ1) is 15.8. The van der Waals surface area contributed by atoms with Crippen LogP contribution in [0.2, 0.25) is 0 Å². The summed E-state index contributed by atoms with van der Waals surface area (Å²) in [5, 5.41) is 1.20. The van der Waals surface area contributed by atoms with Gasteiger partial charge in [0.1, 0.15) is 6.17 Å². The van der Waals surface area contributed by atoms with Crippen LogP contribution in [0.3, 0.4) is 0 Å². The molecule has 2 aromatic rings. The van der Waals surface area contributed by atoms with E-state index in [1.165, 1.54) is 29.2 Å². The predicted octanol–water partition coefficient (Wildman–Crippen LogP) is 3.36. The second-order valence-electron chi connectivity index (χ2n) is 5.75. The molecule has 2 heterocycles. The third-order valence-electron chi connectivity index (χ3n) is 3.93. The fourth-order valence-electron chi connectivity index (χ4n) is 2.63. The van der Waals surface area contributed by atoms with Gasteiger partial charge in [-0.15, -0.1) is 0 Å². The number of aliphatic imine (C=N–C) groups is 1. The van der Waals surface area contributed by atoms with E-state index in [1.54, 1.807) is 6.07 Å². The highest BCUT2D eigenvalue weighted by Gasteiger charge is 2.40. The van der Waals surface area contributed by atoms with Crippen LogP contribution in [0.25, 0.3) is 0 Å². The summed E-state index contributed by atoms with van der Waals surface area (Å²) >= 11 is 2.81. The number of nitrogen functional groups attached to an aromatic ring is 1. The number of amidine groups is 1. The second-order valence-corrected chi connectivity index (χ2v) is 7.76. The number of rotatable bonds is 3. The van der Waals surface area contributed by atoms with E-state index in [-0.39, 0.29) is 6.17 Å². The zero-order valence-corrected chi connectivity index (χ0v) is 14.2. The van der Waals surface area contributed by atoms with Crippen LogP contribution in [0.5, 0.6) is 0 Å². The van der Waals surface area contributed by atoms with E-state index in [9.17, 15) is 8.78 Å². The van der Waals surface area contributed by atoms with E-state index in [4.69, 9.17) is 11.5 Å². The molecular formula is C15H15F2N5S2. The van der Waals surface area contributed by atoms with Gasteiger partial charge in [-0.05, 0) is 30.5 Å². The summed E-state index contributed by atoms with van der Waals surface area (Å²) in [4.78, 5) is 11.8. The summed E-state index contributed by atoms with van der Waals surface area (Å²) in [6.45, 7) is 0. The van der Waals surface area contributed by atoms with Crippen molar-refractivity contribution in [3.05, 3.63) is 40.3 Å². The van der Waals surface area contributed by atoms with Crippen molar-refractivity contribution in [3.8, 4) is 0 Å². The SMILES string of the molecule is Nc1nc2c(s1)C(N)N(C1CC1)C(SCc1ccc(F)c(F)c1)=N2. The van der Waals surface area contributed by atoms with Gasteiger partial charge in [-0.2, -0.15) is 0 Å². The number of nitrogens with zero attached hydrogens (tertiary/aromatic N) is 3. The van der Waals surface area contributed by atoms with Crippen molar-refractivity contribution in [2.24, 2.45) is 10.7 Å². The molecule has 1 aliphatic carbocycles. The highest BCUT2D eigenvalue weighted by molar-refractivity contribution is 8.13. The largest absolute Gasteiger partial charge is 0.375 e. The molecule has 1 aromatic heterocycles. The van der Waals surface area contributed by atoms with Crippen LogP contribution in [0.1, 0.15) is 29.4 Å². The molecule has 126 valence electrons. The normalized spacial score (nSPS) is 20.0. The molecule has 1 atom stereocenters. The Hall–Kier alpha value is -1.71. The molecule has 9 heteroatoms. The maximum absolute atomic E-state index is 13.4.